The average molecular weight is 301 g/mol. The maximum Gasteiger partial charge on any atom is 1.00 e. The molecule has 0 rings (SSSR count). The monoisotopic (exact) mass is 300 g/mol. The molecule has 76 valence electrons. The fourth-order valence-electron chi connectivity index (χ4n) is 0.729. The minimum absolute atomic E-state index is 0. The maximum atomic E-state index is 10.7. The first kappa shape index (κ1) is 17.6. The van der Waals surface area contributed by atoms with Gasteiger partial charge in [-0.25, -0.2) is 8.18 Å². The van der Waals surface area contributed by atoms with Crippen LogP contribution in [0.25, 0.3) is 0 Å². The van der Waals surface area contributed by atoms with Crippen LogP contribution in [0.15, 0.2) is 0 Å². The molecule has 1 N–H and O–H groups in total. The van der Waals surface area contributed by atoms with E-state index in [1.807, 2.05) is 0 Å². The molecule has 4 nitrogen and oxygen atoms in total. The predicted octanol–water partition coefficient (Wildman–Crippen LogP) is 0.127. The predicted molar refractivity (Wildman–Crippen MR) is 51.0 cm³/mol. The molecular weight excluding hydrogens is 286 g/mol. The van der Waals surface area contributed by atoms with Gasteiger partial charge in [-0.1, -0.05) is 26.2 Å². The molecule has 0 spiro atoms. The van der Waals surface area contributed by atoms with Gasteiger partial charge in [0.1, 0.15) is 16.3 Å². The van der Waals surface area contributed by atoms with Crippen LogP contribution >= 0.6 is 24.1 Å². The molecule has 0 radical (unpaired) electrons. The molecule has 0 aromatic carbocycles. The Morgan fingerprint density at radius 3 is 2.54 bits per heavy atom. The van der Waals surface area contributed by atoms with Gasteiger partial charge >= 0.3 is 59.2 Å². The van der Waals surface area contributed by atoms with Crippen LogP contribution < -0.4 is 51.4 Å². The number of rotatable bonds is 7. The van der Waals surface area contributed by atoms with E-state index in [1.165, 1.54) is 0 Å². The molecule has 13 heavy (non-hydrogen) atoms. The molecule has 0 saturated heterocycles. The van der Waals surface area contributed by atoms with E-state index in [0.717, 1.165) is 25.7 Å². The summed E-state index contributed by atoms with van der Waals surface area (Å²) in [6.45, 7) is 2.36. The van der Waals surface area contributed by atoms with E-state index in [2.05, 4.69) is 31.3 Å². The molecule has 0 bridgehead atoms. The van der Waals surface area contributed by atoms with Crippen molar-refractivity contribution < 1.29 is 70.4 Å². The van der Waals surface area contributed by atoms with E-state index in [1.54, 1.807) is 0 Å². The third-order valence-electron chi connectivity index (χ3n) is 1.34. The van der Waals surface area contributed by atoms with Gasteiger partial charge in [-0.3, -0.25) is 4.52 Å². The molecule has 1 atom stereocenters. The molecule has 0 aliphatic rings. The summed E-state index contributed by atoms with van der Waals surface area (Å²) in [7, 11) is -3.81. The number of halogens is 1. The third-order valence-corrected chi connectivity index (χ3v) is 3.12. The van der Waals surface area contributed by atoms with Crippen molar-refractivity contribution in [3.8, 4) is 0 Å². The Morgan fingerprint density at radius 1 is 1.46 bits per heavy atom. The van der Waals surface area contributed by atoms with Gasteiger partial charge in [-0.15, -0.1) is 0 Å². The Hall–Kier alpha value is 2.23. The Kier molecular flexibility index (Phi) is 14.5. The zero-order valence-corrected chi connectivity index (χ0v) is 13.6. The van der Waals surface area contributed by atoms with Crippen LogP contribution in [0.1, 0.15) is 34.0 Å². The largest absolute Gasteiger partial charge is 1.00 e. The fourth-order valence-corrected chi connectivity index (χ4v) is 1.38. The molecule has 0 amide bonds. The van der Waals surface area contributed by atoms with Gasteiger partial charge in [-0.2, -0.15) is 0 Å². The number of phosphoric acid groups is 1. The summed E-state index contributed by atoms with van der Waals surface area (Å²) in [4.78, 5) is 8.74. The SMILES string of the molecule is CCCCCCOP(=O)(O)OBr.[H-].[K+]. The van der Waals surface area contributed by atoms with E-state index < -0.39 is 7.82 Å². The van der Waals surface area contributed by atoms with Crippen LogP contribution in [-0.4, -0.2) is 11.5 Å². The van der Waals surface area contributed by atoms with Crippen molar-refractivity contribution in [2.45, 2.75) is 32.6 Å². The van der Waals surface area contributed by atoms with Gasteiger partial charge in [0.05, 0.1) is 6.61 Å². The normalized spacial score (nSPS) is 14.7. The molecule has 7 heteroatoms. The number of hydrogen-bond donors (Lipinski definition) is 1. The Labute approximate surface area is 132 Å². The zero-order chi connectivity index (χ0) is 9.45. The molecule has 0 heterocycles. The summed E-state index contributed by atoms with van der Waals surface area (Å²) in [6, 6.07) is 0. The van der Waals surface area contributed by atoms with Gasteiger partial charge < -0.3 is 6.32 Å². The summed E-state index contributed by atoms with van der Waals surface area (Å²) in [5.74, 6) is 0. The Balaban J connectivity index is -0.000000605. The van der Waals surface area contributed by atoms with Gasteiger partial charge in [0.2, 0.25) is 0 Å². The standard InChI is InChI=1S/C6H14BrO4P.K.H/c1-2-3-4-5-6-10-12(8,9)11-7;;/h2-6H2,1H3,(H,8,9);;/q;+1;-1. The van der Waals surface area contributed by atoms with Crippen molar-refractivity contribution in [3.63, 3.8) is 0 Å². The second kappa shape index (κ2) is 10.7. The van der Waals surface area contributed by atoms with Crippen LogP contribution in [0.2, 0.25) is 0 Å². The first-order valence-corrected chi connectivity index (χ1v) is 6.04. The Morgan fingerprint density at radius 2 is 2.08 bits per heavy atom. The van der Waals surface area contributed by atoms with Crippen molar-refractivity contribution in [2.75, 3.05) is 6.61 Å². The second-order valence-electron chi connectivity index (χ2n) is 2.43. The third kappa shape index (κ3) is 12.2. The zero-order valence-electron chi connectivity index (χ0n) is 9.03. The van der Waals surface area contributed by atoms with Crippen molar-refractivity contribution in [1.29, 1.82) is 0 Å². The summed E-state index contributed by atoms with van der Waals surface area (Å²) >= 11 is 2.42. The second-order valence-corrected chi connectivity index (χ2v) is 4.63. The molecule has 0 aromatic rings. The average Bonchev–Trinajstić information content (AvgIpc) is 2.04. The first-order valence-electron chi connectivity index (χ1n) is 3.90. The van der Waals surface area contributed by atoms with Crippen LogP contribution in [0.4, 0.5) is 0 Å². The van der Waals surface area contributed by atoms with Gasteiger partial charge in [-0.05, 0) is 6.42 Å². The van der Waals surface area contributed by atoms with Gasteiger partial charge in [0, 0.05) is 0 Å². The smallest absolute Gasteiger partial charge is 1.00 e. The van der Waals surface area contributed by atoms with Crippen LogP contribution in [0, 0.1) is 0 Å². The number of phosphoric ester groups is 1. The van der Waals surface area contributed by atoms with Gasteiger partial charge in [0.25, 0.3) is 0 Å². The number of unbranched alkanes of at least 4 members (excludes halogenated alkanes) is 3. The topological polar surface area (TPSA) is 55.8 Å². The van der Waals surface area contributed by atoms with E-state index in [0.29, 0.717) is 0 Å². The van der Waals surface area contributed by atoms with E-state index in [9.17, 15) is 4.57 Å². The van der Waals surface area contributed by atoms with Crippen LogP contribution in [-0.2, 0) is 12.7 Å². The number of hydrogen-bond acceptors (Lipinski definition) is 3. The van der Waals surface area contributed by atoms with Crippen LogP contribution in [0.5, 0.6) is 0 Å². The van der Waals surface area contributed by atoms with Crippen molar-refractivity contribution in [1.82, 2.24) is 0 Å². The van der Waals surface area contributed by atoms with E-state index in [-0.39, 0.29) is 59.4 Å². The molecule has 0 aliphatic carbocycles. The first-order chi connectivity index (χ1) is 5.62. The van der Waals surface area contributed by atoms with Gasteiger partial charge in [0.15, 0.2) is 0 Å². The molecule has 0 aromatic heterocycles. The minimum Gasteiger partial charge on any atom is -1.00 e. The summed E-state index contributed by atoms with van der Waals surface area (Å²) in [5.41, 5.74) is 0. The van der Waals surface area contributed by atoms with Crippen molar-refractivity contribution in [3.05, 3.63) is 0 Å². The van der Waals surface area contributed by atoms with E-state index >= 15 is 0 Å². The van der Waals surface area contributed by atoms with E-state index in [4.69, 9.17) is 4.89 Å². The van der Waals surface area contributed by atoms with Crippen molar-refractivity contribution in [2.24, 2.45) is 0 Å². The summed E-state index contributed by atoms with van der Waals surface area (Å²) in [5, 5.41) is 0. The summed E-state index contributed by atoms with van der Waals surface area (Å²) in [6.07, 6.45) is 4.05. The quantitative estimate of drug-likeness (QED) is 0.412. The maximum absolute atomic E-state index is 10.7. The molecular formula is C6H15BrKO4P. The summed E-state index contributed by atoms with van der Waals surface area (Å²) < 4.78 is 19.3. The van der Waals surface area contributed by atoms with Crippen LogP contribution in [0.3, 0.4) is 0 Å². The molecule has 0 fully saturated rings. The molecule has 1 unspecified atom stereocenters. The minimum atomic E-state index is -3.81. The Bertz CT molecular complexity index is 163. The fraction of sp³-hybridized carbons (Fsp3) is 1.00. The van der Waals surface area contributed by atoms with Crippen molar-refractivity contribution >= 4 is 24.1 Å². The molecule has 0 saturated carbocycles. The molecule has 0 aliphatic heterocycles.